The molecule has 0 saturated carbocycles. The molecule has 0 unspecified atom stereocenters. The number of amides is 1. The molecule has 1 heterocycles. The first-order valence-electron chi connectivity index (χ1n) is 6.04. The van der Waals surface area contributed by atoms with Crippen LogP contribution in [-0.2, 0) is 14.9 Å². The van der Waals surface area contributed by atoms with Crippen molar-refractivity contribution in [2.75, 3.05) is 19.5 Å². The molecule has 0 aliphatic carbocycles. The predicted molar refractivity (Wildman–Crippen MR) is 85.7 cm³/mol. The summed E-state index contributed by atoms with van der Waals surface area (Å²) in [6.45, 7) is 0. The second-order valence-corrected chi connectivity index (χ2v) is 7.83. The zero-order chi connectivity index (χ0) is 16.3. The number of benzene rings is 1. The van der Waals surface area contributed by atoms with Gasteiger partial charge in [-0.05, 0) is 36.4 Å². The van der Waals surface area contributed by atoms with Gasteiger partial charge in [0.2, 0.25) is 0 Å². The summed E-state index contributed by atoms with van der Waals surface area (Å²) in [5.41, 5.74) is 0.480. The highest BCUT2D eigenvalue weighted by Crippen LogP contribution is 2.23. The average molecular weight is 361 g/mol. The van der Waals surface area contributed by atoms with Crippen LogP contribution in [0.5, 0.6) is 0 Å². The minimum absolute atomic E-state index is 0.0639. The van der Waals surface area contributed by atoms with Gasteiger partial charge in [0, 0.05) is 12.7 Å². The molecule has 1 aromatic heterocycles. The summed E-state index contributed by atoms with van der Waals surface area (Å²) >= 11 is 6.94. The van der Waals surface area contributed by atoms with Crippen molar-refractivity contribution in [2.24, 2.45) is 0 Å². The number of carbonyl (C=O) groups is 1. The first kappa shape index (κ1) is 16.9. The van der Waals surface area contributed by atoms with E-state index in [2.05, 4.69) is 10.2 Å². The fourth-order valence-corrected chi connectivity index (χ4v) is 3.50. The van der Waals surface area contributed by atoms with Crippen molar-refractivity contribution in [3.05, 3.63) is 45.6 Å². The molecule has 0 fully saturated rings. The van der Waals surface area contributed by atoms with Crippen LogP contribution in [0.4, 0.5) is 5.69 Å². The number of hydroxylamine groups is 1. The number of nitrogens with zero attached hydrogens (tertiary/aromatic N) is 1. The van der Waals surface area contributed by atoms with Gasteiger partial charge >= 0.3 is 0 Å². The van der Waals surface area contributed by atoms with Gasteiger partial charge in [-0.1, -0.05) is 16.1 Å². The average Bonchev–Trinajstić information content (AvgIpc) is 2.93. The summed E-state index contributed by atoms with van der Waals surface area (Å²) in [5.74, 6) is -0.304. The van der Waals surface area contributed by atoms with Crippen LogP contribution in [0.2, 0.25) is 4.34 Å². The summed E-state index contributed by atoms with van der Waals surface area (Å²) < 4.78 is 25.3. The van der Waals surface area contributed by atoms with Crippen LogP contribution in [0.15, 0.2) is 41.3 Å². The molecule has 0 saturated heterocycles. The summed E-state index contributed by atoms with van der Waals surface area (Å²) in [6.07, 6.45) is 0. The van der Waals surface area contributed by atoms with Crippen LogP contribution < -0.4 is 5.32 Å². The Balaban J connectivity index is 2.14. The molecule has 0 aliphatic rings. The van der Waals surface area contributed by atoms with E-state index in [9.17, 15) is 13.2 Å². The molecule has 1 aromatic carbocycles. The number of nitrogens with one attached hydrogen (secondary N) is 1. The van der Waals surface area contributed by atoms with E-state index in [4.69, 9.17) is 11.6 Å². The molecule has 0 bridgehead atoms. The zero-order valence-electron chi connectivity index (χ0n) is 11.7. The highest BCUT2D eigenvalue weighted by molar-refractivity contribution is 7.89. The number of carbonyl (C=O) groups excluding carboxylic acids is 1. The van der Waals surface area contributed by atoms with Crippen LogP contribution in [0.3, 0.4) is 0 Å². The van der Waals surface area contributed by atoms with Gasteiger partial charge in [0.05, 0.1) is 21.2 Å². The van der Waals surface area contributed by atoms with Gasteiger partial charge in [-0.25, -0.2) is 8.42 Å². The molecule has 9 heteroatoms. The third kappa shape index (κ3) is 3.65. The van der Waals surface area contributed by atoms with Crippen LogP contribution in [0.1, 0.15) is 9.67 Å². The van der Waals surface area contributed by atoms with Crippen LogP contribution in [0.25, 0.3) is 0 Å². The maximum absolute atomic E-state index is 12.0. The monoisotopic (exact) mass is 360 g/mol. The number of rotatable bonds is 5. The Morgan fingerprint density at radius 2 is 1.86 bits per heavy atom. The van der Waals surface area contributed by atoms with Crippen LogP contribution in [-0.4, -0.2) is 33.0 Å². The Labute approximate surface area is 137 Å². The Morgan fingerprint density at radius 1 is 1.23 bits per heavy atom. The molecule has 2 aromatic rings. The lowest BCUT2D eigenvalue weighted by Crippen LogP contribution is -2.25. The number of halogens is 1. The summed E-state index contributed by atoms with van der Waals surface area (Å²) in [5, 5.41) is 2.67. The summed E-state index contributed by atoms with van der Waals surface area (Å²) in [7, 11) is -1.14. The van der Waals surface area contributed by atoms with E-state index in [1.807, 2.05) is 0 Å². The third-order valence-electron chi connectivity index (χ3n) is 2.80. The standard InChI is InChI=1S/C13H13ClN2O4S2/c1-16(20-2)22(18,19)10-5-3-9(4-6-10)15-13(17)11-7-8-12(14)21-11/h3-8H,1-2H3,(H,15,17). The van der Waals surface area contributed by atoms with Gasteiger partial charge in [0.1, 0.15) is 0 Å². The van der Waals surface area contributed by atoms with Crippen molar-refractivity contribution >= 4 is 44.6 Å². The van der Waals surface area contributed by atoms with Crippen molar-refractivity contribution < 1.29 is 18.0 Å². The molecule has 0 spiro atoms. The lowest BCUT2D eigenvalue weighted by molar-refractivity contribution is -0.0258. The Bertz CT molecular complexity index is 772. The SMILES string of the molecule is CON(C)S(=O)(=O)c1ccc(NC(=O)c2ccc(Cl)s2)cc1. The Hall–Kier alpha value is -1.45. The molecule has 118 valence electrons. The Kier molecular flexibility index (Phi) is 5.20. The minimum Gasteiger partial charge on any atom is -0.321 e. The normalized spacial score (nSPS) is 11.6. The molecule has 2 rings (SSSR count). The van der Waals surface area contributed by atoms with Gasteiger partial charge in [0.15, 0.2) is 0 Å². The minimum atomic E-state index is -3.70. The van der Waals surface area contributed by atoms with E-state index in [0.717, 1.165) is 15.8 Å². The maximum atomic E-state index is 12.0. The zero-order valence-corrected chi connectivity index (χ0v) is 14.1. The fourth-order valence-electron chi connectivity index (χ4n) is 1.59. The topological polar surface area (TPSA) is 75.7 Å². The molecule has 1 amide bonds. The molecule has 1 N–H and O–H groups in total. The highest BCUT2D eigenvalue weighted by atomic mass is 35.5. The van der Waals surface area contributed by atoms with Gasteiger partial charge in [-0.15, -0.1) is 11.3 Å². The van der Waals surface area contributed by atoms with E-state index < -0.39 is 10.0 Å². The number of anilines is 1. The van der Waals surface area contributed by atoms with Gasteiger partial charge in [0.25, 0.3) is 15.9 Å². The molecule has 0 radical (unpaired) electrons. The maximum Gasteiger partial charge on any atom is 0.265 e. The number of sulfonamides is 1. The second-order valence-electron chi connectivity index (χ2n) is 4.18. The van der Waals surface area contributed by atoms with Crippen molar-refractivity contribution in [2.45, 2.75) is 4.90 Å². The van der Waals surface area contributed by atoms with Crippen molar-refractivity contribution in [1.82, 2.24) is 4.47 Å². The highest BCUT2D eigenvalue weighted by Gasteiger charge is 2.20. The van der Waals surface area contributed by atoms with Crippen molar-refractivity contribution in [3.63, 3.8) is 0 Å². The molecule has 0 aliphatic heterocycles. The predicted octanol–water partition coefficient (Wildman–Crippen LogP) is 2.84. The lowest BCUT2D eigenvalue weighted by Gasteiger charge is -2.14. The molecular formula is C13H13ClN2O4S2. The molecule has 6 nitrogen and oxygen atoms in total. The van der Waals surface area contributed by atoms with E-state index in [-0.39, 0.29) is 10.8 Å². The fraction of sp³-hybridized carbons (Fsp3) is 0.154. The third-order valence-corrected chi connectivity index (χ3v) is 5.73. The second kappa shape index (κ2) is 6.76. The van der Waals surface area contributed by atoms with Gasteiger partial charge in [-0.2, -0.15) is 0 Å². The first-order chi connectivity index (χ1) is 10.3. The smallest absolute Gasteiger partial charge is 0.265 e. The van der Waals surface area contributed by atoms with Crippen LogP contribution >= 0.6 is 22.9 Å². The van der Waals surface area contributed by atoms with Crippen LogP contribution in [0, 0.1) is 0 Å². The lowest BCUT2D eigenvalue weighted by atomic mass is 10.3. The Morgan fingerprint density at radius 3 is 2.36 bits per heavy atom. The number of hydrogen-bond acceptors (Lipinski definition) is 5. The number of hydrogen-bond donors (Lipinski definition) is 1. The summed E-state index contributed by atoms with van der Waals surface area (Å²) in [6, 6.07) is 9.04. The molecular weight excluding hydrogens is 348 g/mol. The molecule has 0 atom stereocenters. The quantitative estimate of drug-likeness (QED) is 0.832. The largest absolute Gasteiger partial charge is 0.321 e. The van der Waals surface area contributed by atoms with Gasteiger partial charge < -0.3 is 5.32 Å². The van der Waals surface area contributed by atoms with E-state index in [1.165, 1.54) is 38.4 Å². The van der Waals surface area contributed by atoms with Gasteiger partial charge in [-0.3, -0.25) is 9.63 Å². The number of thiophene rings is 1. The summed E-state index contributed by atoms with van der Waals surface area (Å²) in [4.78, 5) is 17.2. The van der Waals surface area contributed by atoms with Crippen molar-refractivity contribution in [3.8, 4) is 0 Å². The van der Waals surface area contributed by atoms with E-state index >= 15 is 0 Å². The van der Waals surface area contributed by atoms with E-state index in [0.29, 0.717) is 14.9 Å². The van der Waals surface area contributed by atoms with E-state index in [1.54, 1.807) is 12.1 Å². The van der Waals surface area contributed by atoms with Crippen molar-refractivity contribution in [1.29, 1.82) is 0 Å². The molecule has 22 heavy (non-hydrogen) atoms. The first-order valence-corrected chi connectivity index (χ1v) is 8.68.